The predicted octanol–water partition coefficient (Wildman–Crippen LogP) is 5.38. The van der Waals surface area contributed by atoms with Gasteiger partial charge in [-0.2, -0.15) is 0 Å². The lowest BCUT2D eigenvalue weighted by molar-refractivity contribution is -0.659. The Bertz CT molecular complexity index is 985. The number of pyridine rings is 1. The molecule has 3 aromatic rings. The summed E-state index contributed by atoms with van der Waals surface area (Å²) in [4.78, 5) is 0. The zero-order valence-corrected chi connectivity index (χ0v) is 14.6. The first-order valence-corrected chi connectivity index (χ1v) is 8.14. The van der Waals surface area contributed by atoms with Crippen LogP contribution in [0.4, 0.5) is 0 Å². The summed E-state index contributed by atoms with van der Waals surface area (Å²) in [6, 6.07) is 12.3. The molecular weight excluding hydrogens is 278 g/mol. The van der Waals surface area contributed by atoms with Crippen LogP contribution < -0.4 is 4.57 Å². The molecule has 0 amide bonds. The number of fused-ring (bicyclic) bond motifs is 1. The molecule has 0 N–H and O–H groups in total. The van der Waals surface area contributed by atoms with E-state index < -0.39 is 6.85 Å². The number of rotatable bonds is 2. The number of benzene rings is 2. The largest absolute Gasteiger partial charge is 0.220 e. The highest BCUT2D eigenvalue weighted by atomic mass is 14.9. The molecule has 3 rings (SSSR count). The molecular formula is C22H26N+. The molecule has 0 saturated carbocycles. The van der Waals surface area contributed by atoms with Crippen molar-refractivity contribution < 1.29 is 8.68 Å². The SMILES string of the molecule is [2H]C([2H])([2H])c1cc(C)c(C)c(-c2c3cc(C(C)C)ccc3cc[n+]2C)c1. The third kappa shape index (κ3) is 2.76. The number of hydrogen-bond donors (Lipinski definition) is 0. The Morgan fingerprint density at radius 2 is 1.83 bits per heavy atom. The lowest BCUT2D eigenvalue weighted by Gasteiger charge is -2.13. The highest BCUT2D eigenvalue weighted by Crippen LogP contribution is 2.32. The van der Waals surface area contributed by atoms with Gasteiger partial charge in [0, 0.05) is 10.2 Å². The van der Waals surface area contributed by atoms with Gasteiger partial charge in [0.2, 0.25) is 5.69 Å². The summed E-state index contributed by atoms with van der Waals surface area (Å²) in [6.45, 7) is 6.32. The van der Waals surface area contributed by atoms with E-state index in [2.05, 4.69) is 49.6 Å². The molecule has 0 aliphatic carbocycles. The molecule has 0 aliphatic rings. The van der Waals surface area contributed by atoms with Gasteiger partial charge >= 0.3 is 0 Å². The van der Waals surface area contributed by atoms with Crippen molar-refractivity contribution in [3.05, 3.63) is 64.8 Å². The van der Waals surface area contributed by atoms with E-state index in [4.69, 9.17) is 4.11 Å². The van der Waals surface area contributed by atoms with Crippen LogP contribution in [0.1, 0.15) is 46.1 Å². The zero-order chi connectivity index (χ0) is 19.2. The van der Waals surface area contributed by atoms with Gasteiger partial charge in [0.25, 0.3) is 0 Å². The van der Waals surface area contributed by atoms with Crippen molar-refractivity contribution in [1.82, 2.24) is 0 Å². The van der Waals surface area contributed by atoms with Crippen LogP contribution in [-0.2, 0) is 7.05 Å². The topological polar surface area (TPSA) is 3.88 Å². The van der Waals surface area contributed by atoms with Crippen LogP contribution in [0.2, 0.25) is 0 Å². The Balaban J connectivity index is 2.40. The Morgan fingerprint density at radius 1 is 1.04 bits per heavy atom. The number of hydrogen-bond acceptors (Lipinski definition) is 0. The number of nitrogens with zero attached hydrogens (tertiary/aromatic N) is 1. The first-order chi connectivity index (χ1) is 12.1. The average Bonchev–Trinajstić information content (AvgIpc) is 2.56. The summed E-state index contributed by atoms with van der Waals surface area (Å²) in [5, 5.41) is 2.32. The van der Waals surface area contributed by atoms with E-state index in [0.717, 1.165) is 27.8 Å². The molecule has 0 bridgehead atoms. The van der Waals surface area contributed by atoms with E-state index in [1.54, 1.807) is 6.07 Å². The third-order valence-electron chi connectivity index (χ3n) is 4.75. The van der Waals surface area contributed by atoms with Gasteiger partial charge in [-0.25, -0.2) is 4.57 Å². The van der Waals surface area contributed by atoms with Crippen LogP contribution in [-0.4, -0.2) is 0 Å². The van der Waals surface area contributed by atoms with Crippen LogP contribution in [0, 0.1) is 20.7 Å². The minimum Gasteiger partial charge on any atom is -0.200 e. The van der Waals surface area contributed by atoms with Crippen molar-refractivity contribution in [2.45, 2.75) is 40.5 Å². The van der Waals surface area contributed by atoms with Crippen LogP contribution in [0.25, 0.3) is 22.0 Å². The first kappa shape index (κ1) is 12.3. The Morgan fingerprint density at radius 3 is 2.52 bits per heavy atom. The maximum atomic E-state index is 7.83. The van der Waals surface area contributed by atoms with Crippen LogP contribution in [0.5, 0.6) is 0 Å². The van der Waals surface area contributed by atoms with Gasteiger partial charge in [0.15, 0.2) is 6.20 Å². The Kier molecular flexibility index (Phi) is 3.10. The van der Waals surface area contributed by atoms with Gasteiger partial charge in [0.05, 0.1) is 10.9 Å². The summed E-state index contributed by atoms with van der Waals surface area (Å²) >= 11 is 0. The van der Waals surface area contributed by atoms with E-state index >= 15 is 0 Å². The summed E-state index contributed by atoms with van der Waals surface area (Å²) in [5.74, 6) is 0.439. The fraction of sp³-hybridized carbons (Fsp3) is 0.318. The highest BCUT2D eigenvalue weighted by molar-refractivity contribution is 5.94. The van der Waals surface area contributed by atoms with Gasteiger partial charge in [0.1, 0.15) is 7.05 Å². The minimum atomic E-state index is -2.11. The first-order valence-electron chi connectivity index (χ1n) is 9.64. The maximum absolute atomic E-state index is 7.83. The Labute approximate surface area is 143 Å². The van der Waals surface area contributed by atoms with E-state index in [0.29, 0.717) is 11.5 Å². The second kappa shape index (κ2) is 5.81. The molecule has 23 heavy (non-hydrogen) atoms. The summed E-state index contributed by atoms with van der Waals surface area (Å²) in [5.41, 5.74) is 5.86. The zero-order valence-electron chi connectivity index (χ0n) is 17.6. The Hall–Kier alpha value is -2.15. The summed E-state index contributed by atoms with van der Waals surface area (Å²) < 4.78 is 25.6. The maximum Gasteiger partial charge on any atom is 0.220 e. The van der Waals surface area contributed by atoms with E-state index in [1.165, 1.54) is 10.9 Å². The van der Waals surface area contributed by atoms with Crippen molar-refractivity contribution >= 4 is 10.8 Å². The smallest absolute Gasteiger partial charge is 0.200 e. The summed E-state index contributed by atoms with van der Waals surface area (Å²) in [7, 11) is 2.02. The molecule has 0 saturated heterocycles. The van der Waals surface area contributed by atoms with E-state index in [9.17, 15) is 0 Å². The minimum absolute atomic E-state index is 0.396. The molecule has 1 heteroatoms. The van der Waals surface area contributed by atoms with Gasteiger partial charge < -0.3 is 0 Å². The molecule has 0 unspecified atom stereocenters. The monoisotopic (exact) mass is 307 g/mol. The number of aryl methyl sites for hydroxylation is 3. The molecule has 1 heterocycles. The second-order valence-electron chi connectivity index (χ2n) is 6.74. The quantitative estimate of drug-likeness (QED) is 0.560. The van der Waals surface area contributed by atoms with Crippen molar-refractivity contribution in [3.8, 4) is 11.3 Å². The molecule has 0 fully saturated rings. The molecule has 0 radical (unpaired) electrons. The lowest BCUT2D eigenvalue weighted by atomic mass is 9.92. The van der Waals surface area contributed by atoms with Crippen LogP contribution in [0.15, 0.2) is 42.6 Å². The van der Waals surface area contributed by atoms with Crippen molar-refractivity contribution in [2.75, 3.05) is 0 Å². The fourth-order valence-corrected chi connectivity index (χ4v) is 3.18. The molecule has 2 aromatic carbocycles. The summed E-state index contributed by atoms with van der Waals surface area (Å²) in [6.07, 6.45) is 2.05. The van der Waals surface area contributed by atoms with Gasteiger partial charge in [-0.3, -0.25) is 0 Å². The highest BCUT2D eigenvalue weighted by Gasteiger charge is 2.19. The van der Waals surface area contributed by atoms with Crippen molar-refractivity contribution in [1.29, 1.82) is 0 Å². The standard InChI is InChI=1S/C22H26N/c1-14(2)19-8-7-18-9-10-23(6)22(21(18)13-19)20-12-15(3)11-16(4)17(20)5/h7-14H,1-6H3/q+1/i3D3. The third-order valence-corrected chi connectivity index (χ3v) is 4.75. The molecule has 0 aliphatic heterocycles. The van der Waals surface area contributed by atoms with Gasteiger partial charge in [-0.15, -0.1) is 0 Å². The van der Waals surface area contributed by atoms with Gasteiger partial charge in [-0.05, 0) is 60.8 Å². The fourth-order valence-electron chi connectivity index (χ4n) is 3.18. The molecule has 118 valence electrons. The molecule has 0 atom stereocenters. The predicted molar refractivity (Wildman–Crippen MR) is 98.9 cm³/mol. The van der Waals surface area contributed by atoms with Crippen LogP contribution >= 0.6 is 0 Å². The molecule has 0 spiro atoms. The van der Waals surface area contributed by atoms with Crippen molar-refractivity contribution in [2.24, 2.45) is 7.05 Å². The van der Waals surface area contributed by atoms with Crippen molar-refractivity contribution in [3.63, 3.8) is 0 Å². The van der Waals surface area contributed by atoms with Crippen LogP contribution in [0.3, 0.4) is 0 Å². The second-order valence-corrected chi connectivity index (χ2v) is 6.74. The van der Waals surface area contributed by atoms with E-state index in [1.807, 2.05) is 26.2 Å². The van der Waals surface area contributed by atoms with Gasteiger partial charge in [-0.1, -0.05) is 37.6 Å². The average molecular weight is 307 g/mol. The molecule has 1 nitrogen and oxygen atoms in total. The number of aromatic nitrogens is 1. The lowest BCUT2D eigenvalue weighted by Crippen LogP contribution is -2.30. The molecule has 1 aromatic heterocycles. The normalized spacial score (nSPS) is 13.9. The van der Waals surface area contributed by atoms with E-state index in [-0.39, 0.29) is 0 Å².